The van der Waals surface area contributed by atoms with Gasteiger partial charge in [-0.05, 0) is 31.6 Å². The van der Waals surface area contributed by atoms with E-state index >= 15 is 0 Å². The zero-order valence-corrected chi connectivity index (χ0v) is 13.1. The van der Waals surface area contributed by atoms with Gasteiger partial charge in [-0.25, -0.2) is 14.4 Å². The SMILES string of the molecule is O=CN1CCC(c2c(F)cnc3[nH]c(C4CCCC4)nc23)CC1. The molecule has 0 atom stereocenters. The molecule has 0 spiro atoms. The quantitative estimate of drug-likeness (QED) is 0.885. The maximum absolute atomic E-state index is 14.5. The molecule has 3 heterocycles. The van der Waals surface area contributed by atoms with Crippen LogP contribution in [-0.2, 0) is 4.79 Å². The van der Waals surface area contributed by atoms with E-state index in [4.69, 9.17) is 4.98 Å². The fraction of sp³-hybridized carbons (Fsp3) is 0.588. The largest absolute Gasteiger partial charge is 0.345 e. The number of imidazole rings is 1. The van der Waals surface area contributed by atoms with Crippen LogP contribution < -0.4 is 0 Å². The van der Waals surface area contributed by atoms with E-state index in [0.717, 1.165) is 37.9 Å². The average molecular weight is 316 g/mol. The highest BCUT2D eigenvalue weighted by Gasteiger charge is 2.27. The third-order valence-electron chi connectivity index (χ3n) is 5.35. The molecule has 0 unspecified atom stereocenters. The summed E-state index contributed by atoms with van der Waals surface area (Å²) in [7, 11) is 0. The minimum Gasteiger partial charge on any atom is -0.345 e. The minimum atomic E-state index is -0.272. The van der Waals surface area contributed by atoms with Crippen LogP contribution in [0.25, 0.3) is 11.2 Å². The Labute approximate surface area is 134 Å². The molecule has 4 rings (SSSR count). The number of fused-ring (bicyclic) bond motifs is 1. The third kappa shape index (κ3) is 2.60. The molecule has 0 aromatic carbocycles. The number of rotatable bonds is 3. The van der Waals surface area contributed by atoms with Crippen molar-refractivity contribution in [1.29, 1.82) is 0 Å². The number of piperidine rings is 1. The monoisotopic (exact) mass is 316 g/mol. The van der Waals surface area contributed by atoms with Crippen molar-refractivity contribution >= 4 is 17.6 Å². The fourth-order valence-electron chi connectivity index (χ4n) is 4.04. The molecule has 0 radical (unpaired) electrons. The molecule has 1 N–H and O–H groups in total. The molecule has 2 aromatic rings. The highest BCUT2D eigenvalue weighted by molar-refractivity contribution is 5.76. The van der Waals surface area contributed by atoms with Crippen molar-refractivity contribution in [3.63, 3.8) is 0 Å². The second-order valence-electron chi connectivity index (χ2n) is 6.74. The number of hydrogen-bond acceptors (Lipinski definition) is 3. The number of likely N-dealkylation sites (tertiary alicyclic amines) is 1. The van der Waals surface area contributed by atoms with Crippen LogP contribution in [0, 0.1) is 5.82 Å². The van der Waals surface area contributed by atoms with E-state index in [0.29, 0.717) is 35.7 Å². The molecule has 5 nitrogen and oxygen atoms in total. The number of aromatic nitrogens is 3. The summed E-state index contributed by atoms with van der Waals surface area (Å²) in [5, 5.41) is 0. The number of halogens is 1. The molecule has 23 heavy (non-hydrogen) atoms. The molecular formula is C17H21FN4O. The zero-order valence-electron chi connectivity index (χ0n) is 13.1. The highest BCUT2D eigenvalue weighted by Crippen LogP contribution is 2.36. The summed E-state index contributed by atoms with van der Waals surface area (Å²) >= 11 is 0. The number of carbonyl (C=O) groups excluding carboxylic acids is 1. The molecule has 2 aliphatic rings. The summed E-state index contributed by atoms with van der Waals surface area (Å²) in [6.45, 7) is 1.36. The van der Waals surface area contributed by atoms with E-state index in [1.807, 2.05) is 0 Å². The number of amides is 1. The smallest absolute Gasteiger partial charge is 0.209 e. The van der Waals surface area contributed by atoms with Crippen molar-refractivity contribution < 1.29 is 9.18 Å². The number of nitrogens with zero attached hydrogens (tertiary/aromatic N) is 3. The van der Waals surface area contributed by atoms with Crippen LogP contribution in [0.5, 0.6) is 0 Å². The number of nitrogens with one attached hydrogen (secondary N) is 1. The number of carbonyl (C=O) groups is 1. The molecule has 2 fully saturated rings. The van der Waals surface area contributed by atoms with Crippen LogP contribution in [0.1, 0.15) is 61.7 Å². The van der Waals surface area contributed by atoms with Gasteiger partial charge in [0.1, 0.15) is 17.2 Å². The maximum atomic E-state index is 14.5. The Morgan fingerprint density at radius 1 is 1.17 bits per heavy atom. The highest BCUT2D eigenvalue weighted by atomic mass is 19.1. The number of H-pyrrole nitrogens is 1. The van der Waals surface area contributed by atoms with Gasteiger partial charge in [0, 0.05) is 24.6 Å². The Morgan fingerprint density at radius 3 is 2.61 bits per heavy atom. The standard InChI is InChI=1S/C17H21FN4O/c18-13-9-19-17-15(20-16(21-17)12-3-1-2-4-12)14(13)11-5-7-22(10-23)8-6-11/h9-12H,1-8H2,(H,19,20,21). The molecule has 1 aliphatic carbocycles. The maximum Gasteiger partial charge on any atom is 0.209 e. The first-order chi connectivity index (χ1) is 11.3. The topological polar surface area (TPSA) is 61.9 Å². The summed E-state index contributed by atoms with van der Waals surface area (Å²) in [6, 6.07) is 0. The van der Waals surface area contributed by atoms with E-state index in [2.05, 4.69) is 9.97 Å². The van der Waals surface area contributed by atoms with Gasteiger partial charge in [-0.15, -0.1) is 0 Å². The van der Waals surface area contributed by atoms with E-state index < -0.39 is 0 Å². The fourth-order valence-corrected chi connectivity index (χ4v) is 4.04. The summed E-state index contributed by atoms with van der Waals surface area (Å²) in [5.74, 6) is 1.25. The van der Waals surface area contributed by atoms with Crippen molar-refractivity contribution in [2.45, 2.75) is 50.4 Å². The van der Waals surface area contributed by atoms with E-state index in [1.165, 1.54) is 19.0 Å². The Bertz CT molecular complexity index is 715. The Kier molecular flexibility index (Phi) is 3.75. The van der Waals surface area contributed by atoms with Crippen LogP contribution in [-0.4, -0.2) is 39.4 Å². The van der Waals surface area contributed by atoms with Gasteiger partial charge in [-0.2, -0.15) is 0 Å². The van der Waals surface area contributed by atoms with Gasteiger partial charge in [-0.3, -0.25) is 4.79 Å². The molecule has 1 saturated heterocycles. The van der Waals surface area contributed by atoms with Crippen LogP contribution in [0.15, 0.2) is 6.20 Å². The summed E-state index contributed by atoms with van der Waals surface area (Å²) in [6.07, 6.45) is 8.51. The first kappa shape index (κ1) is 14.6. The summed E-state index contributed by atoms with van der Waals surface area (Å²) in [4.78, 5) is 24.8. The van der Waals surface area contributed by atoms with E-state index in [-0.39, 0.29) is 11.7 Å². The molecule has 0 bridgehead atoms. The van der Waals surface area contributed by atoms with Crippen molar-refractivity contribution in [3.8, 4) is 0 Å². The molecular weight excluding hydrogens is 295 g/mol. The molecule has 2 aromatic heterocycles. The molecule has 122 valence electrons. The van der Waals surface area contributed by atoms with E-state index in [1.54, 1.807) is 4.90 Å². The number of hydrogen-bond donors (Lipinski definition) is 1. The third-order valence-corrected chi connectivity index (χ3v) is 5.35. The minimum absolute atomic E-state index is 0.108. The van der Waals surface area contributed by atoms with Crippen LogP contribution in [0.4, 0.5) is 4.39 Å². The first-order valence-electron chi connectivity index (χ1n) is 8.49. The Hall–Kier alpha value is -1.98. The average Bonchev–Trinajstić information content (AvgIpc) is 3.24. The van der Waals surface area contributed by atoms with Gasteiger partial charge >= 0.3 is 0 Å². The molecule has 6 heteroatoms. The lowest BCUT2D eigenvalue weighted by atomic mass is 9.89. The normalized spacial score (nSPS) is 20.5. The predicted molar refractivity (Wildman–Crippen MR) is 84.7 cm³/mol. The predicted octanol–water partition coefficient (Wildman–Crippen LogP) is 3.09. The molecule has 1 aliphatic heterocycles. The van der Waals surface area contributed by atoms with Crippen molar-refractivity contribution in [1.82, 2.24) is 19.9 Å². The van der Waals surface area contributed by atoms with Crippen LogP contribution >= 0.6 is 0 Å². The Morgan fingerprint density at radius 2 is 1.91 bits per heavy atom. The van der Waals surface area contributed by atoms with Gasteiger partial charge in [0.2, 0.25) is 6.41 Å². The van der Waals surface area contributed by atoms with Crippen LogP contribution in [0.3, 0.4) is 0 Å². The lowest BCUT2D eigenvalue weighted by Crippen LogP contribution is -2.32. The van der Waals surface area contributed by atoms with E-state index in [9.17, 15) is 9.18 Å². The second kappa shape index (κ2) is 5.91. The van der Waals surface area contributed by atoms with Gasteiger partial charge in [-0.1, -0.05) is 12.8 Å². The Balaban J connectivity index is 1.70. The van der Waals surface area contributed by atoms with Gasteiger partial charge in [0.25, 0.3) is 0 Å². The lowest BCUT2D eigenvalue weighted by Gasteiger charge is -2.29. The van der Waals surface area contributed by atoms with Crippen molar-refractivity contribution in [3.05, 3.63) is 23.4 Å². The summed E-state index contributed by atoms with van der Waals surface area (Å²) < 4.78 is 14.5. The van der Waals surface area contributed by atoms with Gasteiger partial charge in [0.15, 0.2) is 5.65 Å². The van der Waals surface area contributed by atoms with Crippen molar-refractivity contribution in [2.75, 3.05) is 13.1 Å². The van der Waals surface area contributed by atoms with Crippen molar-refractivity contribution in [2.24, 2.45) is 0 Å². The molecule has 1 saturated carbocycles. The summed E-state index contributed by atoms with van der Waals surface area (Å²) in [5.41, 5.74) is 2.07. The second-order valence-corrected chi connectivity index (χ2v) is 6.74. The molecule has 1 amide bonds. The van der Waals surface area contributed by atoms with Gasteiger partial charge in [0.05, 0.1) is 6.20 Å². The number of pyridine rings is 1. The zero-order chi connectivity index (χ0) is 15.8. The first-order valence-corrected chi connectivity index (χ1v) is 8.49. The van der Waals surface area contributed by atoms with Gasteiger partial charge < -0.3 is 9.88 Å². The van der Waals surface area contributed by atoms with Crippen LogP contribution in [0.2, 0.25) is 0 Å². The number of aromatic amines is 1. The lowest BCUT2D eigenvalue weighted by molar-refractivity contribution is -0.119.